The number of rotatable bonds is 4. The summed E-state index contributed by atoms with van der Waals surface area (Å²) in [5, 5.41) is -1.31. The quantitative estimate of drug-likeness (QED) is 0.765. The predicted molar refractivity (Wildman–Crippen MR) is 96.4 cm³/mol. The Morgan fingerprint density at radius 1 is 1.07 bits per heavy atom. The summed E-state index contributed by atoms with van der Waals surface area (Å²) in [5.74, 6) is -0.190. The maximum absolute atomic E-state index is 12.8. The summed E-state index contributed by atoms with van der Waals surface area (Å²) in [6.07, 6.45) is -1.38. The Hall–Kier alpha value is -2.42. The lowest BCUT2D eigenvalue weighted by Gasteiger charge is -2.16. The number of alkyl halides is 3. The third kappa shape index (κ3) is 4.04. The molecule has 0 bridgehead atoms. The highest BCUT2D eigenvalue weighted by atomic mass is 32.2. The highest BCUT2D eigenvalue weighted by molar-refractivity contribution is 7.91. The minimum Gasteiger partial charge on any atom is -0.339 e. The third-order valence-corrected chi connectivity index (χ3v) is 6.87. The lowest BCUT2D eigenvalue weighted by atomic mass is 10.1. The lowest BCUT2D eigenvalue weighted by molar-refractivity contribution is -0.137. The third-order valence-electron chi connectivity index (χ3n) is 4.84. The first-order valence-electron chi connectivity index (χ1n) is 8.77. The van der Waals surface area contributed by atoms with Gasteiger partial charge in [-0.2, -0.15) is 13.2 Å². The molecule has 1 atom stereocenters. The van der Waals surface area contributed by atoms with E-state index in [9.17, 15) is 26.4 Å². The Morgan fingerprint density at radius 3 is 2.18 bits per heavy atom. The summed E-state index contributed by atoms with van der Waals surface area (Å²) >= 11 is 0. The lowest BCUT2D eigenvalue weighted by Crippen LogP contribution is -2.27. The van der Waals surface area contributed by atoms with Gasteiger partial charge in [0.25, 0.3) is 5.91 Å². The molecule has 28 heavy (non-hydrogen) atoms. The van der Waals surface area contributed by atoms with Crippen LogP contribution in [0, 0.1) is 0 Å². The van der Waals surface area contributed by atoms with E-state index in [1.807, 2.05) is 0 Å². The molecule has 1 aliphatic heterocycles. The van der Waals surface area contributed by atoms with Crippen LogP contribution >= 0.6 is 0 Å². The highest BCUT2D eigenvalue weighted by Crippen LogP contribution is 2.32. The summed E-state index contributed by atoms with van der Waals surface area (Å²) in [6, 6.07) is 6.69. The second kappa shape index (κ2) is 7.54. The van der Waals surface area contributed by atoms with E-state index in [4.69, 9.17) is 0 Å². The Bertz CT molecular complexity index is 949. The molecule has 0 N–H and O–H groups in total. The normalized spacial score (nSPS) is 16.2. The van der Waals surface area contributed by atoms with Crippen LogP contribution in [-0.4, -0.2) is 37.3 Å². The molecular formula is C19H19F3N2O3S. The van der Waals surface area contributed by atoms with E-state index in [0.717, 1.165) is 37.1 Å². The van der Waals surface area contributed by atoms with Gasteiger partial charge in [-0.05, 0) is 49.6 Å². The molecule has 0 spiro atoms. The molecule has 150 valence electrons. The van der Waals surface area contributed by atoms with Crippen molar-refractivity contribution in [3.8, 4) is 0 Å². The molecule has 2 aromatic rings. The first kappa shape index (κ1) is 20.3. The molecule has 0 saturated carbocycles. The maximum Gasteiger partial charge on any atom is 0.416 e. The number of nitrogens with zero attached hydrogens (tertiary/aromatic N) is 2. The number of pyridine rings is 1. The summed E-state index contributed by atoms with van der Waals surface area (Å²) < 4.78 is 63.6. The van der Waals surface area contributed by atoms with Gasteiger partial charge in [0.2, 0.25) is 9.84 Å². The Labute approximate surface area is 161 Å². The van der Waals surface area contributed by atoms with Crippen molar-refractivity contribution in [1.29, 1.82) is 0 Å². The molecule has 1 aliphatic rings. The summed E-state index contributed by atoms with van der Waals surface area (Å²) in [4.78, 5) is 17.9. The number of likely N-dealkylation sites (tertiary alicyclic amines) is 1. The van der Waals surface area contributed by atoms with E-state index in [1.165, 1.54) is 25.3 Å². The van der Waals surface area contributed by atoms with Crippen LogP contribution in [0.1, 0.15) is 46.5 Å². The molecule has 1 amide bonds. The number of carbonyl (C=O) groups excluding carboxylic acids is 1. The molecule has 1 aromatic heterocycles. The maximum atomic E-state index is 12.8. The molecule has 1 fully saturated rings. The fourth-order valence-corrected chi connectivity index (χ4v) is 4.42. The van der Waals surface area contributed by atoms with Crippen LogP contribution in [0.15, 0.2) is 47.6 Å². The topological polar surface area (TPSA) is 67.3 Å². The largest absolute Gasteiger partial charge is 0.416 e. The number of hydrogen-bond donors (Lipinski definition) is 0. The van der Waals surface area contributed by atoms with Gasteiger partial charge in [0, 0.05) is 19.3 Å². The van der Waals surface area contributed by atoms with E-state index in [1.54, 1.807) is 4.90 Å². The van der Waals surface area contributed by atoms with Gasteiger partial charge in [-0.3, -0.25) is 4.79 Å². The molecule has 3 rings (SSSR count). The van der Waals surface area contributed by atoms with Crippen LogP contribution in [0.4, 0.5) is 13.2 Å². The van der Waals surface area contributed by atoms with E-state index in [0.29, 0.717) is 18.7 Å². The van der Waals surface area contributed by atoms with Crippen molar-refractivity contribution in [2.45, 2.75) is 36.2 Å². The Balaban J connectivity index is 1.80. The SMILES string of the molecule is CC(c1ccc(C(F)(F)F)cc1)S(=O)(=O)c1ccc(C(=O)N2CCCC2)cn1. The average molecular weight is 412 g/mol. The average Bonchev–Trinajstić information content (AvgIpc) is 3.21. The van der Waals surface area contributed by atoms with Crippen molar-refractivity contribution in [2.75, 3.05) is 13.1 Å². The van der Waals surface area contributed by atoms with E-state index >= 15 is 0 Å². The van der Waals surface area contributed by atoms with Crippen molar-refractivity contribution in [3.63, 3.8) is 0 Å². The van der Waals surface area contributed by atoms with Gasteiger partial charge >= 0.3 is 6.18 Å². The number of carbonyl (C=O) groups is 1. The van der Waals surface area contributed by atoms with Crippen LogP contribution in [0.5, 0.6) is 0 Å². The molecule has 5 nitrogen and oxygen atoms in total. The van der Waals surface area contributed by atoms with Crippen LogP contribution < -0.4 is 0 Å². The predicted octanol–water partition coefficient (Wildman–Crippen LogP) is 3.87. The number of amides is 1. The minimum atomic E-state index is -4.49. The van der Waals surface area contributed by atoms with Gasteiger partial charge in [0.1, 0.15) is 0 Å². The van der Waals surface area contributed by atoms with Gasteiger partial charge in [0.15, 0.2) is 5.03 Å². The van der Waals surface area contributed by atoms with Gasteiger partial charge in [-0.15, -0.1) is 0 Å². The van der Waals surface area contributed by atoms with Crippen molar-refractivity contribution in [1.82, 2.24) is 9.88 Å². The van der Waals surface area contributed by atoms with E-state index in [-0.39, 0.29) is 16.5 Å². The minimum absolute atomic E-state index is 0.190. The summed E-state index contributed by atoms with van der Waals surface area (Å²) in [6.45, 7) is 2.73. The zero-order valence-corrected chi connectivity index (χ0v) is 15.9. The van der Waals surface area contributed by atoms with Crippen molar-refractivity contribution in [3.05, 3.63) is 59.3 Å². The van der Waals surface area contributed by atoms with Crippen molar-refractivity contribution in [2.24, 2.45) is 0 Å². The molecule has 9 heteroatoms. The Morgan fingerprint density at radius 2 is 1.68 bits per heavy atom. The number of benzene rings is 1. The number of halogens is 3. The van der Waals surface area contributed by atoms with Gasteiger partial charge < -0.3 is 4.90 Å². The molecule has 1 unspecified atom stereocenters. The van der Waals surface area contributed by atoms with Crippen LogP contribution in [0.3, 0.4) is 0 Å². The van der Waals surface area contributed by atoms with Crippen molar-refractivity contribution >= 4 is 15.7 Å². The van der Waals surface area contributed by atoms with Gasteiger partial charge in [-0.1, -0.05) is 12.1 Å². The van der Waals surface area contributed by atoms with Crippen LogP contribution in [0.25, 0.3) is 0 Å². The fourth-order valence-electron chi connectivity index (χ4n) is 3.08. The van der Waals surface area contributed by atoms with E-state index in [2.05, 4.69) is 4.98 Å². The van der Waals surface area contributed by atoms with Crippen molar-refractivity contribution < 1.29 is 26.4 Å². The Kier molecular flexibility index (Phi) is 5.47. The second-order valence-corrected chi connectivity index (χ2v) is 8.91. The summed E-state index contributed by atoms with van der Waals surface area (Å²) in [7, 11) is -3.92. The number of sulfone groups is 1. The molecule has 1 aromatic carbocycles. The molecular weight excluding hydrogens is 393 g/mol. The molecule has 0 radical (unpaired) electrons. The molecule has 0 aliphatic carbocycles. The number of aromatic nitrogens is 1. The molecule has 1 saturated heterocycles. The van der Waals surface area contributed by atoms with Crippen LogP contribution in [-0.2, 0) is 16.0 Å². The first-order chi connectivity index (χ1) is 13.1. The highest BCUT2D eigenvalue weighted by Gasteiger charge is 2.32. The van der Waals surface area contributed by atoms with Gasteiger partial charge in [-0.25, -0.2) is 13.4 Å². The fraction of sp³-hybridized carbons (Fsp3) is 0.368. The molecule has 2 heterocycles. The van der Waals surface area contributed by atoms with E-state index < -0.39 is 26.8 Å². The summed E-state index contributed by atoms with van der Waals surface area (Å²) in [5.41, 5.74) is -0.307. The smallest absolute Gasteiger partial charge is 0.339 e. The monoisotopic (exact) mass is 412 g/mol. The standard InChI is InChI=1S/C19H19F3N2O3S/c1-13(14-4-7-16(8-5-14)19(20,21)22)28(26,27)17-9-6-15(12-23-17)18(25)24-10-2-3-11-24/h4-9,12-13H,2-3,10-11H2,1H3. The zero-order chi connectivity index (χ0) is 20.5. The zero-order valence-electron chi connectivity index (χ0n) is 15.1. The van der Waals surface area contributed by atoms with Gasteiger partial charge in [0.05, 0.1) is 16.4 Å². The van der Waals surface area contributed by atoms with Crippen LogP contribution in [0.2, 0.25) is 0 Å². The first-order valence-corrected chi connectivity index (χ1v) is 10.3. The second-order valence-electron chi connectivity index (χ2n) is 6.69. The number of hydrogen-bond acceptors (Lipinski definition) is 4.